The number of hydrogen-bond donors (Lipinski definition) is 0. The highest BCUT2D eigenvalue weighted by Gasteiger charge is 2.13. The number of aromatic nitrogens is 7. The van der Waals surface area contributed by atoms with Crippen LogP contribution in [0.3, 0.4) is 0 Å². The first-order chi connectivity index (χ1) is 10.8. The molecule has 0 fully saturated rings. The lowest BCUT2D eigenvalue weighted by Crippen LogP contribution is -2.02. The molecule has 0 spiro atoms. The van der Waals surface area contributed by atoms with Crippen LogP contribution in [0.4, 0.5) is 0 Å². The predicted octanol–water partition coefficient (Wildman–Crippen LogP) is 1.57. The summed E-state index contributed by atoms with van der Waals surface area (Å²) in [5, 5.41) is 8.52. The zero-order chi connectivity index (χ0) is 14.9. The Balaban J connectivity index is 1.65. The van der Waals surface area contributed by atoms with E-state index in [-0.39, 0.29) is 0 Å². The Morgan fingerprint density at radius 1 is 1.05 bits per heavy atom. The first-order valence-electron chi connectivity index (χ1n) is 7.08. The molecule has 0 amide bonds. The lowest BCUT2D eigenvalue weighted by atomic mass is 10.2. The molecule has 0 unspecified atom stereocenters. The summed E-state index contributed by atoms with van der Waals surface area (Å²) >= 11 is 0. The first-order valence-corrected chi connectivity index (χ1v) is 7.08. The lowest BCUT2D eigenvalue weighted by molar-refractivity contribution is 0.702. The van der Waals surface area contributed by atoms with Crippen LogP contribution in [-0.2, 0) is 20.0 Å². The smallest absolute Gasteiger partial charge is 0.165 e. The number of fused-ring (bicyclic) bond motifs is 1. The van der Waals surface area contributed by atoms with Crippen molar-refractivity contribution in [2.24, 2.45) is 7.05 Å². The molecule has 0 radical (unpaired) electrons. The molecule has 0 aliphatic rings. The van der Waals surface area contributed by atoms with Gasteiger partial charge in [-0.15, -0.1) is 0 Å². The number of aryl methyl sites for hydroxylation is 3. The fourth-order valence-corrected chi connectivity index (χ4v) is 2.57. The lowest BCUT2D eigenvalue weighted by Gasteiger charge is -2.05. The minimum atomic E-state index is 0.816. The fourth-order valence-electron chi connectivity index (χ4n) is 2.57. The van der Waals surface area contributed by atoms with E-state index in [1.807, 2.05) is 55.0 Å². The number of nitrogens with zero attached hydrogens (tertiary/aromatic N) is 7. The molecule has 0 saturated heterocycles. The molecule has 22 heavy (non-hydrogen) atoms. The van der Waals surface area contributed by atoms with E-state index in [0.29, 0.717) is 0 Å². The van der Waals surface area contributed by atoms with Gasteiger partial charge in [0.25, 0.3) is 0 Å². The van der Waals surface area contributed by atoms with Crippen LogP contribution in [0.1, 0.15) is 5.56 Å². The van der Waals surface area contributed by atoms with Gasteiger partial charge in [-0.3, -0.25) is 4.68 Å². The minimum absolute atomic E-state index is 0.816. The normalized spacial score (nSPS) is 11.3. The van der Waals surface area contributed by atoms with Gasteiger partial charge in [0.2, 0.25) is 0 Å². The van der Waals surface area contributed by atoms with Crippen LogP contribution in [0.5, 0.6) is 0 Å². The molecule has 0 aliphatic carbocycles. The first kappa shape index (κ1) is 12.8. The highest BCUT2D eigenvalue weighted by atomic mass is 15.2. The second-order valence-corrected chi connectivity index (χ2v) is 5.16. The molecule has 7 nitrogen and oxygen atoms in total. The van der Waals surface area contributed by atoms with E-state index in [0.717, 1.165) is 30.0 Å². The maximum Gasteiger partial charge on any atom is 0.165 e. The quantitative estimate of drug-likeness (QED) is 0.573. The Morgan fingerprint density at radius 2 is 2.00 bits per heavy atom. The van der Waals surface area contributed by atoms with Crippen LogP contribution in [0.25, 0.3) is 17.0 Å². The molecule has 0 saturated carbocycles. The van der Waals surface area contributed by atoms with Gasteiger partial charge in [0.1, 0.15) is 5.82 Å². The van der Waals surface area contributed by atoms with Gasteiger partial charge in [0.05, 0.1) is 18.0 Å². The monoisotopic (exact) mass is 293 g/mol. The van der Waals surface area contributed by atoms with Crippen molar-refractivity contribution in [2.45, 2.75) is 13.0 Å². The Bertz CT molecular complexity index is 915. The van der Waals surface area contributed by atoms with Crippen LogP contribution in [-0.4, -0.2) is 33.9 Å². The van der Waals surface area contributed by atoms with Gasteiger partial charge in [-0.2, -0.15) is 10.2 Å². The Labute approximate surface area is 126 Å². The molecule has 4 aromatic rings. The van der Waals surface area contributed by atoms with Crippen LogP contribution in [0.2, 0.25) is 0 Å². The van der Waals surface area contributed by atoms with E-state index in [1.54, 1.807) is 10.7 Å². The highest BCUT2D eigenvalue weighted by molar-refractivity contribution is 5.72. The van der Waals surface area contributed by atoms with Crippen LogP contribution < -0.4 is 0 Å². The standard InChI is InChI=1S/C15H15N7/c1-20-11-12(9-18-20)3-7-21-8-5-17-14(21)13-10-19-22-6-2-4-16-15(13)22/h2,4-6,8-11H,3,7H2,1H3. The van der Waals surface area contributed by atoms with Gasteiger partial charge in [0, 0.05) is 44.6 Å². The average molecular weight is 293 g/mol. The summed E-state index contributed by atoms with van der Waals surface area (Å²) in [6.07, 6.45) is 14.1. The molecule has 110 valence electrons. The maximum absolute atomic E-state index is 4.48. The fraction of sp³-hybridized carbons (Fsp3) is 0.200. The summed E-state index contributed by atoms with van der Waals surface area (Å²) in [4.78, 5) is 8.87. The molecule has 4 rings (SSSR count). The van der Waals surface area contributed by atoms with Crippen LogP contribution >= 0.6 is 0 Å². The maximum atomic E-state index is 4.48. The van der Waals surface area contributed by atoms with E-state index >= 15 is 0 Å². The average Bonchev–Trinajstić information content (AvgIpc) is 3.23. The molecule has 0 aliphatic heterocycles. The summed E-state index contributed by atoms with van der Waals surface area (Å²) < 4.78 is 5.70. The van der Waals surface area contributed by atoms with Crippen molar-refractivity contribution in [3.63, 3.8) is 0 Å². The van der Waals surface area contributed by atoms with Gasteiger partial charge >= 0.3 is 0 Å². The summed E-state index contributed by atoms with van der Waals surface area (Å²) in [6.45, 7) is 0.838. The SMILES string of the molecule is Cn1cc(CCn2ccnc2-c2cnn3cccnc23)cn1. The van der Waals surface area contributed by atoms with Crippen molar-refractivity contribution in [3.8, 4) is 11.4 Å². The van der Waals surface area contributed by atoms with E-state index in [1.165, 1.54) is 5.56 Å². The third kappa shape index (κ3) is 2.16. The van der Waals surface area contributed by atoms with Gasteiger partial charge < -0.3 is 4.57 Å². The summed E-state index contributed by atoms with van der Waals surface area (Å²) in [5.41, 5.74) is 2.97. The van der Waals surface area contributed by atoms with Crippen molar-refractivity contribution >= 4 is 5.65 Å². The van der Waals surface area contributed by atoms with Gasteiger partial charge in [-0.25, -0.2) is 14.5 Å². The molecule has 0 N–H and O–H groups in total. The molecule has 4 aromatic heterocycles. The van der Waals surface area contributed by atoms with Crippen molar-refractivity contribution in [1.82, 2.24) is 33.9 Å². The number of hydrogen-bond acceptors (Lipinski definition) is 4. The topological polar surface area (TPSA) is 65.8 Å². The van der Waals surface area contributed by atoms with Crippen LogP contribution in [0, 0.1) is 0 Å². The molecule has 4 heterocycles. The van der Waals surface area contributed by atoms with Crippen molar-refractivity contribution in [3.05, 3.63) is 55.0 Å². The number of imidazole rings is 1. The van der Waals surface area contributed by atoms with Crippen molar-refractivity contribution in [2.75, 3.05) is 0 Å². The van der Waals surface area contributed by atoms with Crippen LogP contribution in [0.15, 0.2) is 49.4 Å². The largest absolute Gasteiger partial charge is 0.330 e. The molecule has 0 atom stereocenters. The second-order valence-electron chi connectivity index (χ2n) is 5.16. The third-order valence-electron chi connectivity index (χ3n) is 3.64. The Kier molecular flexibility index (Phi) is 2.96. The zero-order valence-electron chi connectivity index (χ0n) is 12.2. The van der Waals surface area contributed by atoms with Gasteiger partial charge in [-0.05, 0) is 18.1 Å². The minimum Gasteiger partial charge on any atom is -0.330 e. The highest BCUT2D eigenvalue weighted by Crippen LogP contribution is 2.21. The van der Waals surface area contributed by atoms with E-state index in [4.69, 9.17) is 0 Å². The second kappa shape index (κ2) is 5.10. The summed E-state index contributed by atoms with van der Waals surface area (Å²) in [7, 11) is 1.93. The molecular weight excluding hydrogens is 278 g/mol. The van der Waals surface area contributed by atoms with Gasteiger partial charge in [-0.1, -0.05) is 0 Å². The Hall–Kier alpha value is -2.96. The van der Waals surface area contributed by atoms with E-state index < -0.39 is 0 Å². The van der Waals surface area contributed by atoms with Crippen molar-refractivity contribution < 1.29 is 0 Å². The van der Waals surface area contributed by atoms with E-state index in [9.17, 15) is 0 Å². The molecule has 0 bridgehead atoms. The predicted molar refractivity (Wildman–Crippen MR) is 81.1 cm³/mol. The molecule has 7 heteroatoms. The Morgan fingerprint density at radius 3 is 2.86 bits per heavy atom. The summed E-state index contributed by atoms with van der Waals surface area (Å²) in [6, 6.07) is 1.86. The summed E-state index contributed by atoms with van der Waals surface area (Å²) in [5.74, 6) is 0.887. The van der Waals surface area contributed by atoms with E-state index in [2.05, 4.69) is 24.7 Å². The third-order valence-corrected chi connectivity index (χ3v) is 3.64. The van der Waals surface area contributed by atoms with Crippen molar-refractivity contribution in [1.29, 1.82) is 0 Å². The molecule has 0 aromatic carbocycles. The zero-order valence-corrected chi connectivity index (χ0v) is 12.2. The molecular formula is C15H15N7. The number of rotatable bonds is 4. The van der Waals surface area contributed by atoms with Gasteiger partial charge in [0.15, 0.2) is 5.65 Å².